The van der Waals surface area contributed by atoms with E-state index in [-0.39, 0.29) is 13.0 Å². The SMILES string of the molecule is CCCCC/C=C\C/C=C\CCCCCCCCCCCC(=O)OC(COCCCCCCCCCCCCCCCCC)COP(=O)(O)OC1C(O)C(O)C(O)C(O)C1O. The minimum Gasteiger partial charge on any atom is -0.457 e. The number of carbonyl (C=O) groups excluding carboxylic acids is 1. The van der Waals surface area contributed by atoms with E-state index in [1.54, 1.807) is 0 Å². The van der Waals surface area contributed by atoms with Crippen molar-refractivity contribution in [1.82, 2.24) is 0 Å². The monoisotopic (exact) mass is 891 g/mol. The lowest BCUT2D eigenvalue weighted by molar-refractivity contribution is -0.220. The van der Waals surface area contributed by atoms with Crippen molar-refractivity contribution in [2.75, 3.05) is 19.8 Å². The van der Waals surface area contributed by atoms with Gasteiger partial charge in [0.15, 0.2) is 0 Å². The molecule has 61 heavy (non-hydrogen) atoms. The molecule has 0 radical (unpaired) electrons. The molecular weight excluding hydrogens is 799 g/mol. The number of allylic oxidation sites excluding steroid dienone is 4. The molecule has 0 saturated heterocycles. The van der Waals surface area contributed by atoms with Crippen molar-refractivity contribution in [3.8, 4) is 0 Å². The molecule has 0 bridgehead atoms. The zero-order valence-electron chi connectivity index (χ0n) is 38.5. The Morgan fingerprint density at radius 3 is 1.41 bits per heavy atom. The average Bonchev–Trinajstić information content (AvgIpc) is 3.24. The first-order chi connectivity index (χ1) is 29.5. The first kappa shape index (κ1) is 57.8. The predicted octanol–water partition coefficient (Wildman–Crippen LogP) is 10.5. The van der Waals surface area contributed by atoms with Gasteiger partial charge in [-0.15, -0.1) is 0 Å². The van der Waals surface area contributed by atoms with E-state index in [0.717, 1.165) is 51.4 Å². The summed E-state index contributed by atoms with van der Waals surface area (Å²) in [5.74, 6) is -0.478. The van der Waals surface area contributed by atoms with Crippen molar-refractivity contribution in [3.05, 3.63) is 24.3 Å². The van der Waals surface area contributed by atoms with Crippen LogP contribution in [0.5, 0.6) is 0 Å². The molecule has 0 heterocycles. The highest BCUT2D eigenvalue weighted by Crippen LogP contribution is 2.47. The van der Waals surface area contributed by atoms with Crippen molar-refractivity contribution in [2.24, 2.45) is 0 Å². The van der Waals surface area contributed by atoms with Crippen LogP contribution in [0.3, 0.4) is 0 Å². The molecule has 6 N–H and O–H groups in total. The molecule has 0 aromatic rings. The Morgan fingerprint density at radius 2 is 0.918 bits per heavy atom. The van der Waals surface area contributed by atoms with Crippen LogP contribution in [0.2, 0.25) is 0 Å². The molecule has 6 unspecified atom stereocenters. The third kappa shape index (κ3) is 31.4. The number of rotatable bonds is 42. The molecule has 0 aromatic heterocycles. The topological polar surface area (TPSA) is 192 Å². The molecule has 12 nitrogen and oxygen atoms in total. The first-order valence-electron chi connectivity index (χ1n) is 24.7. The van der Waals surface area contributed by atoms with Crippen molar-refractivity contribution < 1.29 is 58.3 Å². The van der Waals surface area contributed by atoms with Crippen LogP contribution in [-0.4, -0.2) is 98.9 Å². The average molecular weight is 891 g/mol. The molecule has 13 heteroatoms. The van der Waals surface area contributed by atoms with Gasteiger partial charge >= 0.3 is 13.8 Å². The molecule has 1 aliphatic carbocycles. The molecule has 1 rings (SSSR count). The number of hydrogen-bond acceptors (Lipinski definition) is 11. The van der Waals surface area contributed by atoms with Crippen LogP contribution in [-0.2, 0) is 27.9 Å². The van der Waals surface area contributed by atoms with Crippen molar-refractivity contribution in [3.63, 3.8) is 0 Å². The Morgan fingerprint density at radius 1 is 0.525 bits per heavy atom. The second-order valence-electron chi connectivity index (χ2n) is 17.3. The lowest BCUT2D eigenvalue weighted by Crippen LogP contribution is -2.64. The number of ether oxygens (including phenoxy) is 2. The lowest BCUT2D eigenvalue weighted by atomic mass is 9.85. The Labute approximate surface area is 370 Å². The van der Waals surface area contributed by atoms with E-state index in [2.05, 4.69) is 38.2 Å². The molecule has 0 spiro atoms. The van der Waals surface area contributed by atoms with Gasteiger partial charge in [0.25, 0.3) is 0 Å². The van der Waals surface area contributed by atoms with E-state index in [0.29, 0.717) is 13.0 Å². The third-order valence-electron chi connectivity index (χ3n) is 11.6. The van der Waals surface area contributed by atoms with Crippen LogP contribution < -0.4 is 0 Å². The highest BCUT2D eigenvalue weighted by atomic mass is 31.2. The van der Waals surface area contributed by atoms with Gasteiger partial charge in [0.1, 0.15) is 42.7 Å². The van der Waals surface area contributed by atoms with Crippen molar-refractivity contribution >= 4 is 13.8 Å². The molecule has 0 aromatic carbocycles. The van der Waals surface area contributed by atoms with Crippen LogP contribution in [0.25, 0.3) is 0 Å². The van der Waals surface area contributed by atoms with Crippen molar-refractivity contribution in [1.29, 1.82) is 0 Å². The maximum absolute atomic E-state index is 12.8. The Bertz CT molecular complexity index is 1110. The fraction of sp³-hybridized carbons (Fsp3) is 0.896. The smallest absolute Gasteiger partial charge is 0.457 e. The molecule has 1 saturated carbocycles. The third-order valence-corrected chi connectivity index (χ3v) is 12.6. The van der Waals surface area contributed by atoms with Gasteiger partial charge < -0.3 is 39.9 Å². The van der Waals surface area contributed by atoms with E-state index in [9.17, 15) is 39.8 Å². The number of carbonyl (C=O) groups is 1. The van der Waals surface area contributed by atoms with Crippen LogP contribution in [0.15, 0.2) is 24.3 Å². The predicted molar refractivity (Wildman–Crippen MR) is 244 cm³/mol. The number of aliphatic hydroxyl groups excluding tert-OH is 5. The maximum Gasteiger partial charge on any atom is 0.472 e. The first-order valence-corrected chi connectivity index (χ1v) is 26.2. The van der Waals surface area contributed by atoms with E-state index in [1.165, 1.54) is 135 Å². The standard InChI is InChI=1S/C48H91O12P/c1-3-5-7-9-11-13-15-17-19-20-21-22-23-25-27-29-31-33-35-37-42(49)59-41(40-58-61(55,56)60-48-46(53)44(51)43(50)45(52)47(48)54)39-57-38-36-34-32-30-28-26-24-18-16-14-12-10-8-6-4-2/h11,13,17,19,41,43-48,50-54H,3-10,12,14-16,18,20-40H2,1-2H3,(H,55,56)/b13-11-,19-17-. The zero-order valence-corrected chi connectivity index (χ0v) is 39.4. The summed E-state index contributed by atoms with van der Waals surface area (Å²) in [6, 6.07) is 0. The second kappa shape index (κ2) is 39.2. The summed E-state index contributed by atoms with van der Waals surface area (Å²) in [6.07, 6.45) is 32.4. The summed E-state index contributed by atoms with van der Waals surface area (Å²) in [5, 5.41) is 50.2. The number of aliphatic hydroxyl groups is 5. The van der Waals surface area contributed by atoms with Crippen LogP contribution in [0, 0.1) is 0 Å². The van der Waals surface area contributed by atoms with Gasteiger partial charge in [0.2, 0.25) is 0 Å². The van der Waals surface area contributed by atoms with Crippen LogP contribution in [0.4, 0.5) is 0 Å². The van der Waals surface area contributed by atoms with Gasteiger partial charge in [0, 0.05) is 13.0 Å². The summed E-state index contributed by atoms with van der Waals surface area (Å²) in [7, 11) is -5.02. The number of unbranched alkanes of at least 4 members (excludes halogenated alkanes) is 26. The summed E-state index contributed by atoms with van der Waals surface area (Å²) in [4.78, 5) is 23.2. The van der Waals surface area contributed by atoms with Gasteiger partial charge in [-0.05, 0) is 44.9 Å². The van der Waals surface area contributed by atoms with E-state index in [4.69, 9.17) is 18.5 Å². The summed E-state index contributed by atoms with van der Waals surface area (Å²) in [5.41, 5.74) is 0. The van der Waals surface area contributed by atoms with E-state index >= 15 is 0 Å². The van der Waals surface area contributed by atoms with Gasteiger partial charge in [-0.2, -0.15) is 0 Å². The molecule has 0 amide bonds. The lowest BCUT2D eigenvalue weighted by Gasteiger charge is -2.41. The number of phosphoric ester groups is 1. The van der Waals surface area contributed by atoms with Gasteiger partial charge in [-0.25, -0.2) is 4.57 Å². The Kier molecular flexibility index (Phi) is 37.2. The normalized spacial score (nSPS) is 22.3. The zero-order chi connectivity index (χ0) is 44.8. The fourth-order valence-corrected chi connectivity index (χ4v) is 8.59. The summed E-state index contributed by atoms with van der Waals surface area (Å²) >= 11 is 0. The van der Waals surface area contributed by atoms with Crippen LogP contribution in [0.1, 0.15) is 213 Å². The van der Waals surface area contributed by atoms with Gasteiger partial charge in [-0.3, -0.25) is 13.8 Å². The molecule has 1 fully saturated rings. The summed E-state index contributed by atoms with van der Waals surface area (Å²) in [6.45, 7) is 4.26. The fourth-order valence-electron chi connectivity index (χ4n) is 7.62. The highest BCUT2D eigenvalue weighted by Gasteiger charge is 2.51. The Hall–Kier alpha value is -1.18. The maximum atomic E-state index is 12.8. The van der Waals surface area contributed by atoms with Gasteiger partial charge in [0.05, 0.1) is 13.2 Å². The molecule has 0 aliphatic heterocycles. The van der Waals surface area contributed by atoms with Crippen molar-refractivity contribution in [2.45, 2.75) is 256 Å². The van der Waals surface area contributed by atoms with E-state index in [1.807, 2.05) is 0 Å². The van der Waals surface area contributed by atoms with Gasteiger partial charge in [-0.1, -0.05) is 186 Å². The largest absolute Gasteiger partial charge is 0.472 e. The second-order valence-corrected chi connectivity index (χ2v) is 18.7. The number of esters is 1. The summed E-state index contributed by atoms with van der Waals surface area (Å²) < 4.78 is 34.2. The highest BCUT2D eigenvalue weighted by molar-refractivity contribution is 7.47. The quantitative estimate of drug-likeness (QED) is 0.0147. The molecular formula is C48H91O12P. The Balaban J connectivity index is 2.36. The van der Waals surface area contributed by atoms with E-state index < -0.39 is 63.1 Å². The van der Waals surface area contributed by atoms with Crippen LogP contribution >= 0.6 is 7.82 Å². The number of hydrogen-bond donors (Lipinski definition) is 6. The minimum absolute atomic E-state index is 0.0739. The molecule has 360 valence electrons. The molecule has 6 atom stereocenters. The molecule has 1 aliphatic rings. The minimum atomic E-state index is -5.02. The number of phosphoric acid groups is 1.